The van der Waals surface area contributed by atoms with E-state index in [9.17, 15) is 9.18 Å². The Morgan fingerprint density at radius 3 is 3.05 bits per heavy atom. The van der Waals surface area contributed by atoms with E-state index in [1.165, 1.54) is 12.1 Å². The number of nitrogens with zero attached hydrogens (tertiary/aromatic N) is 2. The maximum Gasteiger partial charge on any atom is 0.276 e. The topological polar surface area (TPSA) is 59.0 Å². The minimum Gasteiger partial charge on any atom is -0.318 e. The molecule has 5 nitrogen and oxygen atoms in total. The minimum absolute atomic E-state index is 0.141. The van der Waals surface area contributed by atoms with Crippen LogP contribution in [-0.2, 0) is 0 Å². The van der Waals surface area contributed by atoms with E-state index in [2.05, 4.69) is 31.7 Å². The van der Waals surface area contributed by atoms with Crippen molar-refractivity contribution in [3.8, 4) is 0 Å². The lowest BCUT2D eigenvalue weighted by Gasteiger charge is -2.22. The van der Waals surface area contributed by atoms with Gasteiger partial charge in [0.1, 0.15) is 5.82 Å². The lowest BCUT2D eigenvalue weighted by Crippen LogP contribution is -2.32. The molecule has 1 aliphatic heterocycles. The van der Waals surface area contributed by atoms with Gasteiger partial charge in [0.05, 0.1) is 11.7 Å². The fourth-order valence-electron chi connectivity index (χ4n) is 2.50. The van der Waals surface area contributed by atoms with Crippen molar-refractivity contribution in [2.75, 3.05) is 18.4 Å². The number of piperidine rings is 1. The van der Waals surface area contributed by atoms with Gasteiger partial charge in [0, 0.05) is 17.2 Å². The summed E-state index contributed by atoms with van der Waals surface area (Å²) >= 11 is 3.18. The van der Waals surface area contributed by atoms with Crippen molar-refractivity contribution in [2.24, 2.45) is 0 Å². The summed E-state index contributed by atoms with van der Waals surface area (Å²) in [6.45, 7) is 1.87. The molecular formula is C15H16BrFN4O. The molecule has 2 N–H and O–H groups in total. The third kappa shape index (κ3) is 3.36. The number of aromatic nitrogens is 2. The molecule has 0 aliphatic carbocycles. The Morgan fingerprint density at radius 2 is 2.32 bits per heavy atom. The van der Waals surface area contributed by atoms with E-state index in [-0.39, 0.29) is 17.4 Å². The van der Waals surface area contributed by atoms with Crippen LogP contribution in [0.2, 0.25) is 0 Å². The summed E-state index contributed by atoms with van der Waals surface area (Å²) in [5.74, 6) is -0.901. The van der Waals surface area contributed by atoms with E-state index in [4.69, 9.17) is 0 Å². The molecular weight excluding hydrogens is 351 g/mol. The first-order valence-corrected chi connectivity index (χ1v) is 7.95. The van der Waals surface area contributed by atoms with Gasteiger partial charge in [-0.25, -0.2) is 4.39 Å². The Kier molecular flexibility index (Phi) is 4.54. The normalized spacial score (nSPS) is 18.2. The molecule has 2 aromatic rings. The molecule has 3 rings (SSSR count). The van der Waals surface area contributed by atoms with Gasteiger partial charge >= 0.3 is 0 Å². The van der Waals surface area contributed by atoms with Crippen molar-refractivity contribution in [3.05, 3.63) is 46.4 Å². The quantitative estimate of drug-likeness (QED) is 0.877. The molecule has 1 aromatic carbocycles. The summed E-state index contributed by atoms with van der Waals surface area (Å²) in [7, 11) is 0. The van der Waals surface area contributed by atoms with Crippen LogP contribution < -0.4 is 10.6 Å². The number of hydrogen-bond acceptors (Lipinski definition) is 3. The summed E-state index contributed by atoms with van der Waals surface area (Å²) in [6, 6.07) is 6.41. The number of hydrogen-bond donors (Lipinski definition) is 2. The van der Waals surface area contributed by atoms with Crippen molar-refractivity contribution in [2.45, 2.75) is 18.9 Å². The third-order valence-corrected chi connectivity index (χ3v) is 4.16. The molecule has 1 amide bonds. The van der Waals surface area contributed by atoms with Gasteiger partial charge < -0.3 is 10.6 Å². The Balaban J connectivity index is 1.71. The average molecular weight is 367 g/mol. The molecule has 1 atom stereocenters. The van der Waals surface area contributed by atoms with Crippen molar-refractivity contribution in [1.29, 1.82) is 0 Å². The Bertz CT molecular complexity index is 682. The van der Waals surface area contributed by atoms with Crippen LogP contribution in [0.3, 0.4) is 0 Å². The van der Waals surface area contributed by atoms with Gasteiger partial charge in [-0.15, -0.1) is 0 Å². The standard InChI is InChI=1S/C15H16BrFN4O/c16-10-3-4-13(12(17)8-10)19-15(22)14-5-7-21(20-14)11-2-1-6-18-9-11/h3-5,7-8,11,18H,1-2,6,9H2,(H,19,22). The zero-order chi connectivity index (χ0) is 15.5. The molecule has 22 heavy (non-hydrogen) atoms. The fourth-order valence-corrected chi connectivity index (χ4v) is 2.83. The van der Waals surface area contributed by atoms with E-state index in [0.717, 1.165) is 25.9 Å². The van der Waals surface area contributed by atoms with Crippen LogP contribution >= 0.6 is 15.9 Å². The molecule has 1 aromatic heterocycles. The summed E-state index contributed by atoms with van der Waals surface area (Å²) in [6.07, 6.45) is 3.93. The molecule has 1 unspecified atom stereocenters. The Hall–Kier alpha value is -1.73. The van der Waals surface area contributed by atoms with Crippen LogP contribution in [0.15, 0.2) is 34.9 Å². The minimum atomic E-state index is -0.487. The smallest absolute Gasteiger partial charge is 0.276 e. The van der Waals surface area contributed by atoms with Crippen LogP contribution in [0.5, 0.6) is 0 Å². The van der Waals surface area contributed by atoms with Crippen LogP contribution in [0.4, 0.5) is 10.1 Å². The van der Waals surface area contributed by atoms with Gasteiger partial charge in [0.25, 0.3) is 5.91 Å². The maximum absolute atomic E-state index is 13.7. The fraction of sp³-hybridized carbons (Fsp3) is 0.333. The van der Waals surface area contributed by atoms with E-state index in [1.54, 1.807) is 23.0 Å². The Labute approximate surface area is 136 Å². The van der Waals surface area contributed by atoms with Crippen LogP contribution in [-0.4, -0.2) is 28.8 Å². The highest BCUT2D eigenvalue weighted by atomic mass is 79.9. The second kappa shape index (κ2) is 6.58. The molecule has 0 bridgehead atoms. The molecule has 1 saturated heterocycles. The molecule has 0 radical (unpaired) electrons. The average Bonchev–Trinajstić information content (AvgIpc) is 3.01. The summed E-state index contributed by atoms with van der Waals surface area (Å²) in [4.78, 5) is 12.2. The molecule has 7 heteroatoms. The van der Waals surface area contributed by atoms with Crippen molar-refractivity contribution in [3.63, 3.8) is 0 Å². The van der Waals surface area contributed by atoms with Gasteiger partial charge in [-0.1, -0.05) is 15.9 Å². The largest absolute Gasteiger partial charge is 0.318 e. The van der Waals surface area contributed by atoms with Crippen molar-refractivity contribution >= 4 is 27.5 Å². The van der Waals surface area contributed by atoms with Crippen LogP contribution in [0.1, 0.15) is 29.4 Å². The number of carbonyl (C=O) groups excluding carboxylic acids is 1. The van der Waals surface area contributed by atoms with E-state index < -0.39 is 11.7 Å². The number of benzene rings is 1. The number of rotatable bonds is 3. The highest BCUT2D eigenvalue weighted by molar-refractivity contribution is 9.10. The lowest BCUT2D eigenvalue weighted by molar-refractivity contribution is 0.102. The van der Waals surface area contributed by atoms with Gasteiger partial charge in [-0.2, -0.15) is 5.10 Å². The zero-order valence-electron chi connectivity index (χ0n) is 11.9. The summed E-state index contributed by atoms with van der Waals surface area (Å²) in [5.41, 5.74) is 0.426. The predicted octanol–water partition coefficient (Wildman–Crippen LogP) is 2.96. The first kappa shape index (κ1) is 15.2. The number of nitrogens with one attached hydrogen (secondary N) is 2. The van der Waals surface area contributed by atoms with Crippen molar-refractivity contribution < 1.29 is 9.18 Å². The number of carbonyl (C=O) groups is 1. The van der Waals surface area contributed by atoms with Crippen LogP contribution in [0.25, 0.3) is 0 Å². The maximum atomic E-state index is 13.7. The van der Waals surface area contributed by atoms with E-state index in [0.29, 0.717) is 4.47 Å². The predicted molar refractivity (Wildman–Crippen MR) is 85.4 cm³/mol. The monoisotopic (exact) mass is 366 g/mol. The van der Waals surface area contributed by atoms with Gasteiger partial charge in [0.15, 0.2) is 5.69 Å². The molecule has 1 aliphatic rings. The molecule has 116 valence electrons. The molecule has 1 fully saturated rings. The first-order valence-electron chi connectivity index (χ1n) is 7.16. The highest BCUT2D eigenvalue weighted by Crippen LogP contribution is 2.20. The highest BCUT2D eigenvalue weighted by Gasteiger charge is 2.18. The third-order valence-electron chi connectivity index (χ3n) is 3.67. The van der Waals surface area contributed by atoms with Gasteiger partial charge in [-0.05, 0) is 43.7 Å². The molecule has 2 heterocycles. The van der Waals surface area contributed by atoms with E-state index >= 15 is 0 Å². The van der Waals surface area contributed by atoms with Gasteiger partial charge in [-0.3, -0.25) is 9.48 Å². The van der Waals surface area contributed by atoms with Gasteiger partial charge in [0.2, 0.25) is 0 Å². The lowest BCUT2D eigenvalue weighted by atomic mass is 10.1. The molecule has 0 spiro atoms. The SMILES string of the molecule is O=C(Nc1ccc(Br)cc1F)c1ccn(C2CCCNC2)n1. The number of halogens is 2. The molecule has 0 saturated carbocycles. The van der Waals surface area contributed by atoms with Crippen LogP contribution in [0, 0.1) is 5.82 Å². The second-order valence-electron chi connectivity index (χ2n) is 5.26. The number of amides is 1. The number of anilines is 1. The zero-order valence-corrected chi connectivity index (χ0v) is 13.4. The van der Waals surface area contributed by atoms with Crippen molar-refractivity contribution in [1.82, 2.24) is 15.1 Å². The Morgan fingerprint density at radius 1 is 1.45 bits per heavy atom. The second-order valence-corrected chi connectivity index (χ2v) is 6.18. The first-order chi connectivity index (χ1) is 10.6. The summed E-state index contributed by atoms with van der Waals surface area (Å²) < 4.78 is 16.2. The van der Waals surface area contributed by atoms with E-state index in [1.807, 2.05) is 0 Å². The summed E-state index contributed by atoms with van der Waals surface area (Å²) in [5, 5.41) is 10.2.